The summed E-state index contributed by atoms with van der Waals surface area (Å²) in [6.45, 7) is -0.124. The standard InChI is InChI=1S/C14H12FN3O4/c15-12-3-10(18-5-11(7-20)22-14(18)21)1-2-13(12)17-4-9(6-19)16-8-17/h1-4,6,8,11,20H,5,7H2/t11-/m1/s1. The number of hydrogen-bond acceptors (Lipinski definition) is 5. The van der Waals surface area contributed by atoms with E-state index in [-0.39, 0.29) is 24.5 Å². The number of aliphatic hydroxyl groups is 1. The van der Waals surface area contributed by atoms with Crippen molar-refractivity contribution in [1.82, 2.24) is 9.55 Å². The van der Waals surface area contributed by atoms with Gasteiger partial charge in [0.25, 0.3) is 0 Å². The highest BCUT2D eigenvalue weighted by Crippen LogP contribution is 2.25. The first kappa shape index (κ1) is 14.2. The molecule has 0 saturated carbocycles. The molecule has 114 valence electrons. The number of ether oxygens (including phenoxy) is 1. The third-order valence-corrected chi connectivity index (χ3v) is 3.32. The Hall–Kier alpha value is -2.74. The van der Waals surface area contributed by atoms with E-state index in [1.54, 1.807) is 6.07 Å². The van der Waals surface area contributed by atoms with E-state index in [0.717, 1.165) is 0 Å². The lowest BCUT2D eigenvalue weighted by Gasteiger charge is -2.14. The second kappa shape index (κ2) is 5.57. The Labute approximate surface area is 124 Å². The van der Waals surface area contributed by atoms with E-state index in [4.69, 9.17) is 9.84 Å². The molecule has 1 aromatic heterocycles. The molecule has 1 amide bonds. The normalized spacial score (nSPS) is 17.6. The topological polar surface area (TPSA) is 84.7 Å². The van der Waals surface area contributed by atoms with Crippen molar-refractivity contribution in [3.05, 3.63) is 42.2 Å². The van der Waals surface area contributed by atoms with E-state index < -0.39 is 18.0 Å². The first-order valence-electron chi connectivity index (χ1n) is 6.50. The molecule has 1 N–H and O–H groups in total. The number of anilines is 1. The number of aromatic nitrogens is 2. The lowest BCUT2D eigenvalue weighted by molar-refractivity contribution is 0.0963. The van der Waals surface area contributed by atoms with Crippen molar-refractivity contribution in [3.63, 3.8) is 0 Å². The Balaban J connectivity index is 1.89. The summed E-state index contributed by atoms with van der Waals surface area (Å²) in [6, 6.07) is 4.22. The van der Waals surface area contributed by atoms with Gasteiger partial charge in [-0.15, -0.1) is 0 Å². The number of aliphatic hydroxyl groups excluding tert-OH is 1. The zero-order valence-corrected chi connectivity index (χ0v) is 11.3. The van der Waals surface area contributed by atoms with Crippen molar-refractivity contribution in [2.75, 3.05) is 18.1 Å². The SMILES string of the molecule is O=Cc1cn(-c2ccc(N3C[C@H](CO)OC3=O)cc2F)cn1. The van der Waals surface area contributed by atoms with Crippen molar-refractivity contribution in [2.24, 2.45) is 0 Å². The number of carbonyl (C=O) groups is 2. The number of rotatable bonds is 4. The molecule has 0 radical (unpaired) electrons. The molecule has 0 aliphatic carbocycles. The summed E-state index contributed by atoms with van der Waals surface area (Å²) < 4.78 is 20.5. The van der Waals surface area contributed by atoms with Gasteiger partial charge in [-0.25, -0.2) is 14.2 Å². The minimum Gasteiger partial charge on any atom is -0.441 e. The van der Waals surface area contributed by atoms with Crippen LogP contribution in [0.25, 0.3) is 5.69 Å². The average molecular weight is 305 g/mol. The molecule has 1 saturated heterocycles. The number of carbonyl (C=O) groups excluding carboxylic acids is 2. The lowest BCUT2D eigenvalue weighted by atomic mass is 10.2. The third kappa shape index (κ3) is 2.44. The molecule has 1 atom stereocenters. The average Bonchev–Trinajstić information content (AvgIpc) is 3.13. The van der Waals surface area contributed by atoms with Crippen LogP contribution in [0, 0.1) is 5.82 Å². The van der Waals surface area contributed by atoms with Crippen molar-refractivity contribution < 1.29 is 23.8 Å². The first-order chi connectivity index (χ1) is 10.6. The van der Waals surface area contributed by atoms with Crippen LogP contribution in [0.5, 0.6) is 0 Å². The van der Waals surface area contributed by atoms with Crippen molar-refractivity contribution in [1.29, 1.82) is 0 Å². The van der Waals surface area contributed by atoms with Crippen molar-refractivity contribution in [2.45, 2.75) is 6.10 Å². The van der Waals surface area contributed by atoms with Gasteiger partial charge in [-0.05, 0) is 18.2 Å². The Morgan fingerprint density at radius 3 is 2.91 bits per heavy atom. The molecular formula is C14H12FN3O4. The van der Waals surface area contributed by atoms with Crippen LogP contribution in [0.3, 0.4) is 0 Å². The highest BCUT2D eigenvalue weighted by Gasteiger charge is 2.32. The summed E-state index contributed by atoms with van der Waals surface area (Å²) in [6.07, 6.45) is 2.05. The smallest absolute Gasteiger partial charge is 0.414 e. The number of halogens is 1. The molecule has 8 heteroatoms. The zero-order valence-electron chi connectivity index (χ0n) is 11.3. The van der Waals surface area contributed by atoms with Gasteiger partial charge in [0.1, 0.15) is 23.9 Å². The fourth-order valence-electron chi connectivity index (χ4n) is 2.23. The Morgan fingerprint density at radius 1 is 1.50 bits per heavy atom. The number of nitrogens with zero attached hydrogens (tertiary/aromatic N) is 3. The highest BCUT2D eigenvalue weighted by molar-refractivity contribution is 5.89. The van der Waals surface area contributed by atoms with Gasteiger partial charge < -0.3 is 14.4 Å². The van der Waals surface area contributed by atoms with Gasteiger partial charge in [0.15, 0.2) is 6.29 Å². The minimum absolute atomic E-state index is 0.161. The second-order valence-electron chi connectivity index (χ2n) is 4.76. The fraction of sp³-hybridized carbons (Fsp3) is 0.214. The lowest BCUT2D eigenvalue weighted by Crippen LogP contribution is -2.25. The molecule has 2 aromatic rings. The number of benzene rings is 1. The van der Waals surface area contributed by atoms with E-state index in [0.29, 0.717) is 12.0 Å². The molecule has 7 nitrogen and oxygen atoms in total. The number of amides is 1. The Kier molecular flexibility index (Phi) is 3.60. The molecule has 1 fully saturated rings. The largest absolute Gasteiger partial charge is 0.441 e. The van der Waals surface area contributed by atoms with Gasteiger partial charge in [0.2, 0.25) is 0 Å². The second-order valence-corrected chi connectivity index (χ2v) is 4.76. The van der Waals surface area contributed by atoms with Crippen LogP contribution >= 0.6 is 0 Å². The fourth-order valence-corrected chi connectivity index (χ4v) is 2.23. The number of cyclic esters (lactones) is 1. The van der Waals surface area contributed by atoms with Crippen LogP contribution in [-0.4, -0.2) is 46.3 Å². The molecule has 0 spiro atoms. The number of imidazole rings is 1. The van der Waals surface area contributed by atoms with Crippen LogP contribution < -0.4 is 4.90 Å². The molecule has 1 aromatic carbocycles. The van der Waals surface area contributed by atoms with Crippen LogP contribution in [-0.2, 0) is 4.74 Å². The summed E-state index contributed by atoms with van der Waals surface area (Å²) >= 11 is 0. The molecule has 22 heavy (non-hydrogen) atoms. The summed E-state index contributed by atoms with van der Waals surface area (Å²) in [5, 5.41) is 9.00. The van der Waals surface area contributed by atoms with Crippen LogP contribution in [0.15, 0.2) is 30.7 Å². The summed E-state index contributed by atoms with van der Waals surface area (Å²) in [5.74, 6) is -0.576. The molecule has 1 aliphatic rings. The van der Waals surface area contributed by atoms with Gasteiger partial charge in [-0.3, -0.25) is 9.69 Å². The Bertz CT molecular complexity index is 731. The maximum absolute atomic E-state index is 14.2. The van der Waals surface area contributed by atoms with Crippen LogP contribution in [0.1, 0.15) is 10.5 Å². The number of aldehydes is 1. The van der Waals surface area contributed by atoms with E-state index in [2.05, 4.69) is 4.98 Å². The maximum Gasteiger partial charge on any atom is 0.414 e. The summed E-state index contributed by atoms with van der Waals surface area (Å²) in [5.41, 5.74) is 0.728. The van der Waals surface area contributed by atoms with E-state index >= 15 is 0 Å². The first-order valence-corrected chi connectivity index (χ1v) is 6.50. The van der Waals surface area contributed by atoms with E-state index in [9.17, 15) is 14.0 Å². The van der Waals surface area contributed by atoms with Crippen LogP contribution in [0.4, 0.5) is 14.9 Å². The molecule has 0 bridgehead atoms. The highest BCUT2D eigenvalue weighted by atomic mass is 19.1. The number of hydrogen-bond donors (Lipinski definition) is 1. The summed E-state index contributed by atoms with van der Waals surface area (Å²) in [7, 11) is 0. The van der Waals surface area contributed by atoms with Crippen molar-refractivity contribution >= 4 is 18.1 Å². The molecule has 0 unspecified atom stereocenters. The van der Waals surface area contributed by atoms with Crippen LogP contribution in [0.2, 0.25) is 0 Å². The van der Waals surface area contributed by atoms with Gasteiger partial charge >= 0.3 is 6.09 Å². The maximum atomic E-state index is 14.2. The van der Waals surface area contributed by atoms with Gasteiger partial charge in [0.05, 0.1) is 24.5 Å². The van der Waals surface area contributed by atoms with E-state index in [1.165, 1.54) is 34.1 Å². The predicted molar refractivity (Wildman–Crippen MR) is 73.6 cm³/mol. The Morgan fingerprint density at radius 2 is 2.32 bits per heavy atom. The van der Waals surface area contributed by atoms with E-state index in [1.807, 2.05) is 0 Å². The molecule has 1 aliphatic heterocycles. The molecule has 2 heterocycles. The molecular weight excluding hydrogens is 293 g/mol. The van der Waals surface area contributed by atoms with Gasteiger partial charge in [0, 0.05) is 6.20 Å². The van der Waals surface area contributed by atoms with Crippen molar-refractivity contribution in [3.8, 4) is 5.69 Å². The van der Waals surface area contributed by atoms with Gasteiger partial charge in [-0.1, -0.05) is 0 Å². The molecule has 3 rings (SSSR count). The quantitative estimate of drug-likeness (QED) is 0.856. The summed E-state index contributed by atoms with van der Waals surface area (Å²) in [4.78, 5) is 27.3. The third-order valence-electron chi connectivity index (χ3n) is 3.32. The zero-order chi connectivity index (χ0) is 15.7. The minimum atomic E-state index is -0.628. The monoisotopic (exact) mass is 305 g/mol. The van der Waals surface area contributed by atoms with Gasteiger partial charge in [-0.2, -0.15) is 0 Å². The predicted octanol–water partition coefficient (Wildman–Crippen LogP) is 1.14.